The van der Waals surface area contributed by atoms with Crippen LogP contribution in [0.15, 0.2) is 0 Å². The second-order valence-corrected chi connectivity index (χ2v) is 4.68. The summed E-state index contributed by atoms with van der Waals surface area (Å²) in [5, 5.41) is 3.56. The zero-order chi connectivity index (χ0) is 9.80. The van der Waals surface area contributed by atoms with E-state index >= 15 is 0 Å². The number of ether oxygens (including phenoxy) is 1. The van der Waals surface area contributed by atoms with Crippen molar-refractivity contribution in [3.63, 3.8) is 0 Å². The predicted octanol–water partition coefficient (Wildman–Crippen LogP) is 2.48. The van der Waals surface area contributed by atoms with Crippen LogP contribution in [0.2, 0.25) is 0 Å². The molecule has 1 N–H and O–H groups in total. The Morgan fingerprint density at radius 1 is 1.07 bits per heavy atom. The highest BCUT2D eigenvalue weighted by Gasteiger charge is 2.29. The van der Waals surface area contributed by atoms with E-state index < -0.39 is 0 Å². The van der Waals surface area contributed by atoms with Crippen LogP contribution >= 0.6 is 0 Å². The molecular weight excluding hydrogens is 174 g/mol. The standard InChI is InChI=1S/C12H23NO/c1-2-13-11-8-3-4-9-12(11)14-10-6-5-7-10/h10-13H,2-9H2,1H3. The van der Waals surface area contributed by atoms with Gasteiger partial charge < -0.3 is 10.1 Å². The van der Waals surface area contributed by atoms with Crippen LogP contribution in [-0.2, 0) is 4.74 Å². The van der Waals surface area contributed by atoms with Crippen LogP contribution in [0.5, 0.6) is 0 Å². The normalized spacial score (nSPS) is 34.1. The lowest BCUT2D eigenvalue weighted by atomic mass is 9.90. The van der Waals surface area contributed by atoms with Crippen molar-refractivity contribution in [1.82, 2.24) is 5.32 Å². The Morgan fingerprint density at radius 2 is 1.86 bits per heavy atom. The van der Waals surface area contributed by atoms with E-state index in [-0.39, 0.29) is 0 Å². The van der Waals surface area contributed by atoms with Crippen LogP contribution in [0.4, 0.5) is 0 Å². The number of nitrogens with one attached hydrogen (secondary N) is 1. The third-order valence-corrected chi connectivity index (χ3v) is 3.59. The topological polar surface area (TPSA) is 21.3 Å². The minimum absolute atomic E-state index is 0.508. The molecule has 0 aromatic rings. The van der Waals surface area contributed by atoms with E-state index in [1.165, 1.54) is 44.9 Å². The van der Waals surface area contributed by atoms with Crippen molar-refractivity contribution in [2.45, 2.75) is 70.1 Å². The van der Waals surface area contributed by atoms with Gasteiger partial charge in [0.05, 0.1) is 12.2 Å². The minimum Gasteiger partial charge on any atom is -0.373 e. The summed E-state index contributed by atoms with van der Waals surface area (Å²) in [5.74, 6) is 0. The first-order valence-corrected chi connectivity index (χ1v) is 6.29. The summed E-state index contributed by atoms with van der Waals surface area (Å²) in [4.78, 5) is 0. The highest BCUT2D eigenvalue weighted by atomic mass is 16.5. The Labute approximate surface area is 87.4 Å². The Hall–Kier alpha value is -0.0800. The van der Waals surface area contributed by atoms with Crippen LogP contribution in [0, 0.1) is 0 Å². The molecule has 2 aliphatic carbocycles. The highest BCUT2D eigenvalue weighted by molar-refractivity contribution is 4.83. The molecule has 2 saturated carbocycles. The van der Waals surface area contributed by atoms with Crippen molar-refractivity contribution in [3.05, 3.63) is 0 Å². The van der Waals surface area contributed by atoms with Crippen molar-refractivity contribution in [2.24, 2.45) is 0 Å². The molecule has 82 valence electrons. The van der Waals surface area contributed by atoms with Gasteiger partial charge in [-0.1, -0.05) is 19.8 Å². The largest absolute Gasteiger partial charge is 0.373 e. The van der Waals surface area contributed by atoms with Crippen molar-refractivity contribution in [1.29, 1.82) is 0 Å². The molecule has 0 bridgehead atoms. The van der Waals surface area contributed by atoms with Gasteiger partial charge in [0.25, 0.3) is 0 Å². The van der Waals surface area contributed by atoms with E-state index in [1.54, 1.807) is 0 Å². The Morgan fingerprint density at radius 3 is 2.50 bits per heavy atom. The number of likely N-dealkylation sites (N-methyl/N-ethyl adjacent to an activating group) is 1. The third-order valence-electron chi connectivity index (χ3n) is 3.59. The fraction of sp³-hybridized carbons (Fsp3) is 1.00. The van der Waals surface area contributed by atoms with Crippen molar-refractivity contribution < 1.29 is 4.74 Å². The molecule has 0 radical (unpaired) electrons. The predicted molar refractivity (Wildman–Crippen MR) is 58.4 cm³/mol. The average Bonchev–Trinajstić information content (AvgIpc) is 2.14. The van der Waals surface area contributed by atoms with Gasteiger partial charge in [-0.2, -0.15) is 0 Å². The molecule has 0 aromatic heterocycles. The fourth-order valence-electron chi connectivity index (χ4n) is 2.51. The van der Waals surface area contributed by atoms with E-state index in [1.807, 2.05) is 0 Å². The maximum absolute atomic E-state index is 6.13. The van der Waals surface area contributed by atoms with Crippen LogP contribution in [0.25, 0.3) is 0 Å². The molecular formula is C12H23NO. The smallest absolute Gasteiger partial charge is 0.0731 e. The van der Waals surface area contributed by atoms with Crippen molar-refractivity contribution in [3.8, 4) is 0 Å². The van der Waals surface area contributed by atoms with Gasteiger partial charge in [0.1, 0.15) is 0 Å². The van der Waals surface area contributed by atoms with Gasteiger partial charge in [0, 0.05) is 6.04 Å². The molecule has 0 saturated heterocycles. The molecule has 14 heavy (non-hydrogen) atoms. The summed E-state index contributed by atoms with van der Waals surface area (Å²) in [6.45, 7) is 3.27. The van der Waals surface area contributed by atoms with Crippen molar-refractivity contribution >= 4 is 0 Å². The van der Waals surface area contributed by atoms with Gasteiger partial charge in [0.15, 0.2) is 0 Å². The maximum Gasteiger partial charge on any atom is 0.0731 e. The van der Waals surface area contributed by atoms with E-state index in [0.717, 1.165) is 6.54 Å². The summed E-state index contributed by atoms with van der Waals surface area (Å²) in [5.41, 5.74) is 0. The molecule has 0 spiro atoms. The molecule has 2 aliphatic rings. The van der Waals surface area contributed by atoms with E-state index in [0.29, 0.717) is 18.2 Å². The monoisotopic (exact) mass is 197 g/mol. The first kappa shape index (κ1) is 10.4. The van der Waals surface area contributed by atoms with Crippen molar-refractivity contribution in [2.75, 3.05) is 6.54 Å². The first-order valence-electron chi connectivity index (χ1n) is 6.29. The Kier molecular flexibility index (Phi) is 3.82. The van der Waals surface area contributed by atoms with E-state index in [9.17, 15) is 0 Å². The van der Waals surface area contributed by atoms with Crippen LogP contribution in [-0.4, -0.2) is 24.8 Å². The van der Waals surface area contributed by atoms with E-state index in [4.69, 9.17) is 4.74 Å². The fourth-order valence-corrected chi connectivity index (χ4v) is 2.51. The summed E-state index contributed by atoms with van der Waals surface area (Å²) < 4.78 is 6.13. The first-order chi connectivity index (χ1) is 6.90. The molecule has 2 atom stereocenters. The lowest BCUT2D eigenvalue weighted by molar-refractivity contribution is -0.0777. The Balaban J connectivity index is 1.78. The molecule has 2 rings (SSSR count). The zero-order valence-electron chi connectivity index (χ0n) is 9.30. The molecule has 0 heterocycles. The zero-order valence-corrected chi connectivity index (χ0v) is 9.30. The summed E-state index contributed by atoms with van der Waals surface area (Å²) >= 11 is 0. The minimum atomic E-state index is 0.508. The molecule has 2 heteroatoms. The van der Waals surface area contributed by atoms with Gasteiger partial charge >= 0.3 is 0 Å². The molecule has 0 amide bonds. The number of rotatable bonds is 4. The SMILES string of the molecule is CCNC1CCCCC1OC1CCC1. The van der Waals surface area contributed by atoms with Gasteiger partial charge in [-0.15, -0.1) is 0 Å². The second kappa shape index (κ2) is 5.13. The summed E-state index contributed by atoms with van der Waals surface area (Å²) in [6.07, 6.45) is 10.4. The van der Waals surface area contributed by atoms with Crippen LogP contribution in [0.3, 0.4) is 0 Å². The quantitative estimate of drug-likeness (QED) is 0.747. The second-order valence-electron chi connectivity index (χ2n) is 4.68. The van der Waals surface area contributed by atoms with Crippen LogP contribution in [0.1, 0.15) is 51.9 Å². The van der Waals surface area contributed by atoms with Gasteiger partial charge in [0.2, 0.25) is 0 Å². The third kappa shape index (κ3) is 2.48. The van der Waals surface area contributed by atoms with Gasteiger partial charge in [-0.05, 0) is 38.6 Å². The molecule has 0 aliphatic heterocycles. The van der Waals surface area contributed by atoms with E-state index in [2.05, 4.69) is 12.2 Å². The number of hydrogen-bond acceptors (Lipinski definition) is 2. The highest BCUT2D eigenvalue weighted by Crippen LogP contribution is 2.28. The maximum atomic E-state index is 6.13. The molecule has 2 fully saturated rings. The Bertz CT molecular complexity index is 166. The molecule has 2 nitrogen and oxygen atoms in total. The summed E-state index contributed by atoms with van der Waals surface area (Å²) in [7, 11) is 0. The lowest BCUT2D eigenvalue weighted by Crippen LogP contribution is -2.45. The molecule has 2 unspecified atom stereocenters. The van der Waals surface area contributed by atoms with Gasteiger partial charge in [-0.3, -0.25) is 0 Å². The van der Waals surface area contributed by atoms with Crippen LogP contribution < -0.4 is 5.32 Å². The number of hydrogen-bond donors (Lipinski definition) is 1. The summed E-state index contributed by atoms with van der Waals surface area (Å²) in [6, 6.07) is 0.634. The lowest BCUT2D eigenvalue weighted by Gasteiger charge is -2.37. The van der Waals surface area contributed by atoms with Gasteiger partial charge in [-0.25, -0.2) is 0 Å². The average molecular weight is 197 g/mol. The molecule has 0 aromatic carbocycles.